The van der Waals surface area contributed by atoms with Gasteiger partial charge in [-0.25, -0.2) is 0 Å². The minimum absolute atomic E-state index is 0.159. The maximum absolute atomic E-state index is 13.9. The molecule has 32 heavy (non-hydrogen) atoms. The standard InChI is InChI=1S/C27H40N2O3/c30-23-15-28(24(31)26-9-17-3-18(10-26)5-19(4-17)11-26)1-2-29(16-23)25(32)27-12-20-6-21(13-27)8-22(7-20)14-27/h17-23,30H,1-16H2. The summed E-state index contributed by atoms with van der Waals surface area (Å²) in [7, 11) is 0. The summed E-state index contributed by atoms with van der Waals surface area (Å²) in [4.78, 5) is 31.6. The second-order valence-corrected chi connectivity index (χ2v) is 13.6. The minimum atomic E-state index is -0.617. The van der Waals surface area contributed by atoms with Crippen LogP contribution in [0.5, 0.6) is 0 Å². The molecule has 0 aromatic carbocycles. The van der Waals surface area contributed by atoms with Crippen molar-refractivity contribution < 1.29 is 14.7 Å². The molecule has 0 radical (unpaired) electrons. The van der Waals surface area contributed by atoms with Crippen LogP contribution in [0, 0.1) is 46.3 Å². The maximum atomic E-state index is 13.9. The molecule has 8 aliphatic carbocycles. The Labute approximate surface area is 192 Å². The number of aliphatic hydroxyl groups excluding tert-OH is 1. The van der Waals surface area contributed by atoms with Crippen molar-refractivity contribution in [2.75, 3.05) is 26.2 Å². The number of carbonyl (C=O) groups is 2. The van der Waals surface area contributed by atoms with Gasteiger partial charge in [0.05, 0.1) is 16.9 Å². The predicted molar refractivity (Wildman–Crippen MR) is 120 cm³/mol. The zero-order valence-electron chi connectivity index (χ0n) is 19.5. The summed E-state index contributed by atoms with van der Waals surface area (Å²) in [5.41, 5.74) is -0.318. The molecular weight excluding hydrogens is 400 g/mol. The Hall–Kier alpha value is -1.10. The fourth-order valence-corrected chi connectivity index (χ4v) is 10.8. The molecule has 0 unspecified atom stereocenters. The predicted octanol–water partition coefficient (Wildman–Crippen LogP) is 3.45. The normalized spacial score (nSPS) is 51.2. The smallest absolute Gasteiger partial charge is 0.228 e. The zero-order chi connectivity index (χ0) is 21.7. The van der Waals surface area contributed by atoms with Crippen LogP contribution in [-0.4, -0.2) is 59.0 Å². The summed E-state index contributed by atoms with van der Waals surface area (Å²) >= 11 is 0. The minimum Gasteiger partial charge on any atom is -0.389 e. The first-order valence-electron chi connectivity index (χ1n) is 13.7. The van der Waals surface area contributed by atoms with Gasteiger partial charge < -0.3 is 14.9 Å². The van der Waals surface area contributed by atoms with Gasteiger partial charge in [-0.1, -0.05) is 0 Å². The molecule has 8 bridgehead atoms. The molecule has 8 saturated carbocycles. The molecule has 1 aliphatic heterocycles. The van der Waals surface area contributed by atoms with Gasteiger partial charge in [0.25, 0.3) is 0 Å². The molecule has 1 saturated heterocycles. The van der Waals surface area contributed by atoms with Gasteiger partial charge in [0, 0.05) is 26.2 Å². The number of hydrogen-bond donors (Lipinski definition) is 1. The Balaban J connectivity index is 1.08. The van der Waals surface area contributed by atoms with Crippen molar-refractivity contribution in [3.8, 4) is 0 Å². The van der Waals surface area contributed by atoms with E-state index in [1.165, 1.54) is 38.5 Å². The highest BCUT2D eigenvalue weighted by atomic mass is 16.3. The molecule has 0 atom stereocenters. The summed E-state index contributed by atoms with van der Waals surface area (Å²) in [5.74, 6) is 5.09. The first-order valence-corrected chi connectivity index (χ1v) is 13.7. The number of carbonyl (C=O) groups excluding carboxylic acids is 2. The van der Waals surface area contributed by atoms with Gasteiger partial charge in [-0.3, -0.25) is 9.59 Å². The lowest BCUT2D eigenvalue weighted by atomic mass is 9.49. The molecular formula is C27H40N2O3. The summed E-state index contributed by atoms with van der Waals surface area (Å²) in [6, 6.07) is 0. The lowest BCUT2D eigenvalue weighted by Crippen LogP contribution is -2.56. The highest BCUT2D eigenvalue weighted by Crippen LogP contribution is 2.62. The zero-order valence-corrected chi connectivity index (χ0v) is 19.5. The Bertz CT molecular complexity index is 685. The average Bonchev–Trinajstić information content (AvgIpc) is 2.92. The largest absolute Gasteiger partial charge is 0.389 e. The van der Waals surface area contributed by atoms with E-state index in [9.17, 15) is 14.7 Å². The maximum Gasteiger partial charge on any atom is 0.228 e. The van der Waals surface area contributed by atoms with Gasteiger partial charge in [0.1, 0.15) is 0 Å². The van der Waals surface area contributed by atoms with Gasteiger partial charge in [-0.2, -0.15) is 0 Å². The van der Waals surface area contributed by atoms with E-state index in [-0.39, 0.29) is 10.8 Å². The SMILES string of the molecule is O=C(N1CCN(C(=O)C23CC4CC(CC(C4)C2)C3)CC(O)C1)C12CC3CC(CC(C3)C1)C2. The van der Waals surface area contributed by atoms with Crippen molar-refractivity contribution in [2.45, 2.75) is 83.2 Å². The van der Waals surface area contributed by atoms with Crippen LogP contribution < -0.4 is 0 Å². The number of hydrogen-bond acceptors (Lipinski definition) is 3. The topological polar surface area (TPSA) is 60.9 Å². The van der Waals surface area contributed by atoms with E-state index in [0.717, 1.165) is 74.0 Å². The Morgan fingerprint density at radius 3 is 1.12 bits per heavy atom. The summed E-state index contributed by atoms with van der Waals surface area (Å²) in [6.45, 7) is 2.03. The number of β-amino-alcohol motifs (C(OH)–C–C–N with tert-alkyl or cyclic N) is 1. The van der Waals surface area contributed by atoms with E-state index in [1.54, 1.807) is 0 Å². The molecule has 9 fully saturated rings. The fraction of sp³-hybridized carbons (Fsp3) is 0.926. The molecule has 5 nitrogen and oxygen atoms in total. The van der Waals surface area contributed by atoms with E-state index in [4.69, 9.17) is 0 Å². The molecule has 9 rings (SSSR count). The molecule has 0 aromatic rings. The highest BCUT2D eigenvalue weighted by Gasteiger charge is 2.57. The van der Waals surface area contributed by atoms with E-state index in [2.05, 4.69) is 0 Å². The van der Waals surface area contributed by atoms with Gasteiger partial charge in [-0.05, 0) is 113 Å². The van der Waals surface area contributed by atoms with Crippen molar-refractivity contribution in [3.63, 3.8) is 0 Å². The third-order valence-corrected chi connectivity index (χ3v) is 11.1. The second-order valence-electron chi connectivity index (χ2n) is 13.6. The Morgan fingerprint density at radius 2 is 0.844 bits per heavy atom. The van der Waals surface area contributed by atoms with E-state index in [1.807, 2.05) is 9.80 Å². The van der Waals surface area contributed by atoms with Crippen molar-refractivity contribution in [3.05, 3.63) is 0 Å². The number of amides is 2. The molecule has 0 aromatic heterocycles. The third kappa shape index (κ3) is 3.05. The van der Waals surface area contributed by atoms with Crippen molar-refractivity contribution in [1.82, 2.24) is 9.80 Å². The van der Waals surface area contributed by atoms with Crippen LogP contribution in [0.15, 0.2) is 0 Å². The van der Waals surface area contributed by atoms with Gasteiger partial charge in [0.15, 0.2) is 0 Å². The van der Waals surface area contributed by atoms with E-state index < -0.39 is 6.10 Å². The van der Waals surface area contributed by atoms with Gasteiger partial charge in [-0.15, -0.1) is 0 Å². The van der Waals surface area contributed by atoms with Gasteiger partial charge in [0.2, 0.25) is 11.8 Å². The van der Waals surface area contributed by atoms with Crippen LogP contribution in [-0.2, 0) is 9.59 Å². The summed E-state index contributed by atoms with van der Waals surface area (Å²) in [5, 5.41) is 10.9. The molecule has 0 spiro atoms. The van der Waals surface area contributed by atoms with E-state index in [0.29, 0.717) is 38.0 Å². The fourth-order valence-electron chi connectivity index (χ4n) is 10.8. The summed E-state index contributed by atoms with van der Waals surface area (Å²) in [6.07, 6.45) is 13.8. The number of aliphatic hydroxyl groups is 1. The first-order chi connectivity index (χ1) is 15.4. The summed E-state index contributed by atoms with van der Waals surface area (Å²) < 4.78 is 0. The van der Waals surface area contributed by atoms with Crippen molar-refractivity contribution >= 4 is 11.8 Å². The average molecular weight is 441 g/mol. The number of rotatable bonds is 2. The molecule has 176 valence electrons. The van der Waals surface area contributed by atoms with Crippen LogP contribution in [0.2, 0.25) is 0 Å². The molecule has 2 amide bonds. The molecule has 1 heterocycles. The molecule has 1 N–H and O–H groups in total. The van der Waals surface area contributed by atoms with E-state index >= 15 is 0 Å². The van der Waals surface area contributed by atoms with Crippen LogP contribution in [0.4, 0.5) is 0 Å². The van der Waals surface area contributed by atoms with Crippen LogP contribution in [0.1, 0.15) is 77.0 Å². The molecule has 9 aliphatic rings. The lowest BCUT2D eigenvalue weighted by molar-refractivity contribution is -0.159. The molecule has 5 heteroatoms. The van der Waals surface area contributed by atoms with Crippen LogP contribution >= 0.6 is 0 Å². The van der Waals surface area contributed by atoms with Crippen LogP contribution in [0.3, 0.4) is 0 Å². The number of nitrogens with zero attached hydrogens (tertiary/aromatic N) is 2. The highest BCUT2D eigenvalue weighted by molar-refractivity contribution is 5.85. The Morgan fingerprint density at radius 1 is 0.562 bits per heavy atom. The quantitative estimate of drug-likeness (QED) is 0.715. The first kappa shape index (κ1) is 20.3. The van der Waals surface area contributed by atoms with Crippen LogP contribution in [0.25, 0.3) is 0 Å². The van der Waals surface area contributed by atoms with Gasteiger partial charge >= 0.3 is 0 Å². The van der Waals surface area contributed by atoms with Crippen molar-refractivity contribution in [1.29, 1.82) is 0 Å². The monoisotopic (exact) mass is 440 g/mol. The second kappa shape index (κ2) is 6.96. The van der Waals surface area contributed by atoms with Crippen molar-refractivity contribution in [2.24, 2.45) is 46.3 Å². The Kier molecular flexibility index (Phi) is 4.41. The lowest BCUT2D eigenvalue weighted by Gasteiger charge is -2.56. The third-order valence-electron chi connectivity index (χ3n) is 11.1.